The Morgan fingerprint density at radius 2 is 2.11 bits per heavy atom. The monoisotopic (exact) mass is 545 g/mol. The van der Waals surface area contributed by atoms with E-state index < -0.39 is 17.6 Å². The maximum absolute atomic E-state index is 13.8. The molecule has 4 rings (SSSR count). The Morgan fingerprint density at radius 3 is 2.84 bits per heavy atom. The molecule has 2 aromatic heterocycles. The summed E-state index contributed by atoms with van der Waals surface area (Å²) >= 11 is 6.46. The van der Waals surface area contributed by atoms with E-state index in [0.717, 1.165) is 17.3 Å². The molecular formula is C24H27N5O6S2. The number of nitrogens with one attached hydrogen (secondary N) is 1. The molecule has 2 saturated heterocycles. The Labute approximate surface area is 222 Å². The highest BCUT2D eigenvalue weighted by Gasteiger charge is 2.36. The fourth-order valence-electron chi connectivity index (χ4n) is 4.15. The molecule has 11 nitrogen and oxygen atoms in total. The molecule has 0 spiro atoms. The highest BCUT2D eigenvalue weighted by molar-refractivity contribution is 8.26. The number of aromatic nitrogens is 2. The summed E-state index contributed by atoms with van der Waals surface area (Å²) in [5.74, 6) is -1.04. The number of piperazine rings is 1. The van der Waals surface area contributed by atoms with Gasteiger partial charge in [-0.3, -0.25) is 28.5 Å². The van der Waals surface area contributed by atoms with Crippen LogP contribution < -0.4 is 15.8 Å². The van der Waals surface area contributed by atoms with Gasteiger partial charge in [-0.25, -0.2) is 4.98 Å². The number of pyridine rings is 1. The molecule has 1 N–H and O–H groups in total. The van der Waals surface area contributed by atoms with E-state index in [1.165, 1.54) is 22.5 Å². The number of thiocarbonyl (C=S) groups is 1. The second-order valence-electron chi connectivity index (χ2n) is 8.42. The first kappa shape index (κ1) is 26.8. The summed E-state index contributed by atoms with van der Waals surface area (Å²) in [5, 5.41) is 2.76. The van der Waals surface area contributed by atoms with E-state index >= 15 is 0 Å². The highest BCUT2D eigenvalue weighted by Crippen LogP contribution is 2.34. The number of anilines is 1. The van der Waals surface area contributed by atoms with Gasteiger partial charge in [-0.05, 0) is 31.6 Å². The third-order valence-corrected chi connectivity index (χ3v) is 7.30. The van der Waals surface area contributed by atoms with Crippen LogP contribution in [0.1, 0.15) is 24.5 Å². The van der Waals surface area contributed by atoms with E-state index in [1.54, 1.807) is 24.1 Å². The van der Waals surface area contributed by atoms with Gasteiger partial charge in [0.05, 0.1) is 36.6 Å². The van der Waals surface area contributed by atoms with Gasteiger partial charge in [-0.1, -0.05) is 30.0 Å². The normalized spacial score (nSPS) is 19.2. The van der Waals surface area contributed by atoms with Gasteiger partial charge >= 0.3 is 5.97 Å². The lowest BCUT2D eigenvalue weighted by molar-refractivity contribution is -0.145. The van der Waals surface area contributed by atoms with Gasteiger partial charge in [0.25, 0.3) is 11.5 Å². The Hall–Kier alpha value is -3.29. The standard InChI is InChI=1S/C24H27N5O6S2/c1-4-35-19(30)12-16-21(31)25-7-8-27(16)20-15(22(32)29-13-14(2)5-6-18(29)26-20)11-17-23(33)28(9-10-34-3)24(36)37-17/h5-6,11,13,16H,4,7-10,12H2,1-3H3,(H,25,31)/b17-11-/t16-/m0/s1. The molecule has 1 atom stereocenters. The quantitative estimate of drug-likeness (QED) is 0.293. The molecule has 2 aliphatic rings. The van der Waals surface area contributed by atoms with Crippen molar-refractivity contribution in [2.75, 3.05) is 44.9 Å². The number of rotatable bonds is 8. The maximum atomic E-state index is 13.8. The van der Waals surface area contributed by atoms with Crippen LogP contribution in [0.3, 0.4) is 0 Å². The van der Waals surface area contributed by atoms with Gasteiger partial charge in [0.1, 0.15) is 21.8 Å². The van der Waals surface area contributed by atoms with Crippen molar-refractivity contribution >= 4 is 63.6 Å². The number of hydrogen-bond donors (Lipinski definition) is 1. The average molecular weight is 546 g/mol. The summed E-state index contributed by atoms with van der Waals surface area (Å²) in [6.45, 7) is 4.91. The second kappa shape index (κ2) is 11.4. The SMILES string of the molecule is CCOC(=O)C[C@H]1C(=O)NCCN1c1nc2ccc(C)cn2c(=O)c1/C=C1\SC(=S)N(CCOC)C1=O. The second-order valence-corrected chi connectivity index (χ2v) is 10.1. The predicted octanol–water partition coefficient (Wildman–Crippen LogP) is 1.11. The number of hydrogen-bond acceptors (Lipinski definition) is 10. The third kappa shape index (κ3) is 5.53. The van der Waals surface area contributed by atoms with Crippen molar-refractivity contribution in [1.29, 1.82) is 0 Å². The van der Waals surface area contributed by atoms with Crippen molar-refractivity contribution in [2.24, 2.45) is 0 Å². The zero-order chi connectivity index (χ0) is 26.7. The summed E-state index contributed by atoms with van der Waals surface area (Å²) in [4.78, 5) is 60.0. The molecule has 0 saturated carbocycles. The Morgan fingerprint density at radius 1 is 1.32 bits per heavy atom. The van der Waals surface area contributed by atoms with Gasteiger partial charge in [0.2, 0.25) is 5.91 Å². The van der Waals surface area contributed by atoms with Crippen LogP contribution in [0.15, 0.2) is 28.0 Å². The number of ether oxygens (including phenoxy) is 2. The van der Waals surface area contributed by atoms with Crippen molar-refractivity contribution in [3.05, 3.63) is 44.7 Å². The minimum Gasteiger partial charge on any atom is -0.466 e. The third-order valence-electron chi connectivity index (χ3n) is 5.92. The highest BCUT2D eigenvalue weighted by atomic mass is 32.2. The Kier molecular flexibility index (Phi) is 8.25. The van der Waals surface area contributed by atoms with E-state index in [9.17, 15) is 19.2 Å². The summed E-state index contributed by atoms with van der Waals surface area (Å²) in [6.07, 6.45) is 2.92. The number of carbonyl (C=O) groups is 3. The van der Waals surface area contributed by atoms with E-state index in [2.05, 4.69) is 5.32 Å². The van der Waals surface area contributed by atoms with E-state index in [-0.39, 0.29) is 47.7 Å². The molecule has 0 unspecified atom stereocenters. The van der Waals surface area contributed by atoms with Crippen LogP contribution in [0.2, 0.25) is 0 Å². The van der Waals surface area contributed by atoms with Crippen LogP contribution in [0.4, 0.5) is 5.82 Å². The molecule has 0 radical (unpaired) electrons. The minimum atomic E-state index is -0.934. The molecule has 4 heterocycles. The molecule has 2 aromatic rings. The molecule has 13 heteroatoms. The van der Waals surface area contributed by atoms with E-state index in [4.69, 9.17) is 26.7 Å². The van der Waals surface area contributed by atoms with Crippen LogP contribution in [0.5, 0.6) is 0 Å². The fraction of sp³-hybridized carbons (Fsp3) is 0.417. The number of aryl methyl sites for hydroxylation is 1. The number of esters is 1. The Bertz CT molecular complexity index is 1360. The van der Waals surface area contributed by atoms with Gasteiger partial charge in [-0.2, -0.15) is 0 Å². The molecule has 0 aromatic carbocycles. The van der Waals surface area contributed by atoms with Crippen LogP contribution >= 0.6 is 24.0 Å². The lowest BCUT2D eigenvalue weighted by Gasteiger charge is -2.36. The molecule has 196 valence electrons. The van der Waals surface area contributed by atoms with Crippen molar-refractivity contribution in [3.8, 4) is 0 Å². The van der Waals surface area contributed by atoms with Gasteiger partial charge < -0.3 is 19.7 Å². The number of nitrogens with zero attached hydrogens (tertiary/aromatic N) is 4. The molecule has 37 heavy (non-hydrogen) atoms. The first-order valence-electron chi connectivity index (χ1n) is 11.7. The topological polar surface area (TPSA) is 123 Å². The largest absolute Gasteiger partial charge is 0.466 e. The summed E-state index contributed by atoms with van der Waals surface area (Å²) in [5.41, 5.74) is 0.931. The summed E-state index contributed by atoms with van der Waals surface area (Å²) in [7, 11) is 1.53. The van der Waals surface area contributed by atoms with Crippen LogP contribution in [0.25, 0.3) is 11.7 Å². The molecule has 0 aliphatic carbocycles. The summed E-state index contributed by atoms with van der Waals surface area (Å²) < 4.78 is 11.9. The van der Waals surface area contributed by atoms with Crippen molar-refractivity contribution in [1.82, 2.24) is 19.6 Å². The van der Waals surface area contributed by atoms with Gasteiger partial charge in [-0.15, -0.1) is 0 Å². The van der Waals surface area contributed by atoms with E-state index in [1.807, 2.05) is 13.0 Å². The van der Waals surface area contributed by atoms with Crippen molar-refractivity contribution in [2.45, 2.75) is 26.3 Å². The number of carbonyl (C=O) groups excluding carboxylic acids is 3. The first-order valence-corrected chi connectivity index (χ1v) is 12.9. The average Bonchev–Trinajstić information content (AvgIpc) is 3.13. The predicted molar refractivity (Wildman–Crippen MR) is 143 cm³/mol. The van der Waals surface area contributed by atoms with Crippen LogP contribution in [-0.4, -0.2) is 82.4 Å². The lowest BCUT2D eigenvalue weighted by atomic mass is 10.1. The molecule has 2 amide bonds. The molecule has 2 fully saturated rings. The minimum absolute atomic E-state index is 0.124. The summed E-state index contributed by atoms with van der Waals surface area (Å²) in [6, 6.07) is 2.60. The smallest absolute Gasteiger partial charge is 0.308 e. The lowest BCUT2D eigenvalue weighted by Crippen LogP contribution is -2.57. The number of methoxy groups -OCH3 is 1. The fourth-order valence-corrected chi connectivity index (χ4v) is 5.44. The van der Waals surface area contributed by atoms with E-state index in [0.29, 0.717) is 29.7 Å². The zero-order valence-corrected chi connectivity index (χ0v) is 22.3. The number of amides is 2. The zero-order valence-electron chi connectivity index (χ0n) is 20.7. The van der Waals surface area contributed by atoms with Crippen molar-refractivity contribution in [3.63, 3.8) is 0 Å². The van der Waals surface area contributed by atoms with Crippen LogP contribution in [-0.2, 0) is 23.9 Å². The van der Waals surface area contributed by atoms with Gasteiger partial charge in [0, 0.05) is 26.4 Å². The molecule has 2 aliphatic heterocycles. The molecular weight excluding hydrogens is 518 g/mol. The first-order chi connectivity index (χ1) is 17.7. The number of fused-ring (bicyclic) bond motifs is 1. The van der Waals surface area contributed by atoms with Crippen molar-refractivity contribution < 1.29 is 23.9 Å². The van der Waals surface area contributed by atoms with Crippen LogP contribution in [0, 0.1) is 6.92 Å². The number of thioether (sulfide) groups is 1. The molecule has 0 bridgehead atoms. The Balaban J connectivity index is 1.86. The van der Waals surface area contributed by atoms with Gasteiger partial charge in [0.15, 0.2) is 0 Å². The maximum Gasteiger partial charge on any atom is 0.308 e.